The number of hydrogen-bond acceptors (Lipinski definition) is 11. The van der Waals surface area contributed by atoms with E-state index >= 15 is 0 Å². The Morgan fingerprint density at radius 2 is 1.23 bits per heavy atom. The van der Waals surface area contributed by atoms with E-state index in [1.165, 1.54) is 0 Å². The molecule has 0 aromatic heterocycles. The van der Waals surface area contributed by atoms with Gasteiger partial charge < -0.3 is 53.4 Å². The van der Waals surface area contributed by atoms with Crippen molar-refractivity contribution in [1.82, 2.24) is 0 Å². The van der Waals surface area contributed by atoms with Crippen LogP contribution in [0.1, 0.15) is 59.4 Å². The van der Waals surface area contributed by atoms with Gasteiger partial charge in [0.05, 0.1) is 96.2 Å². The van der Waals surface area contributed by atoms with Crippen molar-refractivity contribution in [3.05, 3.63) is 123 Å². The Morgan fingerprint density at radius 1 is 0.696 bits per heavy atom. The van der Waals surface area contributed by atoms with Crippen LogP contribution in [-0.4, -0.2) is 104 Å². The fourth-order valence-corrected chi connectivity index (χ4v) is 6.87. The minimum Gasteiger partial charge on any atom is -0.545 e. The average Bonchev–Trinajstić information content (AvgIpc) is 3.46. The Morgan fingerprint density at radius 3 is 1.80 bits per heavy atom. The Balaban J connectivity index is 0.00000696. The van der Waals surface area contributed by atoms with E-state index in [9.17, 15) is 15.2 Å². The molecule has 0 atom stereocenters. The molecule has 1 aliphatic rings. The maximum atomic E-state index is 12.8. The second-order valence-corrected chi connectivity index (χ2v) is 13.0. The van der Waals surface area contributed by atoms with Gasteiger partial charge in [0.25, 0.3) is 0 Å². The van der Waals surface area contributed by atoms with Crippen molar-refractivity contribution >= 4 is 12.3 Å². The van der Waals surface area contributed by atoms with E-state index in [4.69, 9.17) is 38.3 Å². The minimum atomic E-state index is -1.38. The standard InChI is InChI=1S/C43H50O12.Cs/c1-30-4-9-36-37-10-5-31(2)25-40(37)43(39(36)24-30,34-7-6-32(33(26-34)29-55-47)28-53-21-20-51-17-16-49-13-12-44)35-8-11-41(38(27-35)42(45)46)54-23-22-52-19-18-50-15-14-48-3;/h4-11,24-27,29,44H,12-23,28H2,1-3H3,(H,45,46);/q;+1/p-1. The molecule has 0 unspecified atom stereocenters. The molecular weight excluding hydrogens is 841 g/mol. The molecule has 0 aliphatic heterocycles. The van der Waals surface area contributed by atoms with E-state index in [2.05, 4.69) is 41.0 Å². The minimum absolute atomic E-state index is 0. The van der Waals surface area contributed by atoms with Crippen molar-refractivity contribution in [2.45, 2.75) is 25.9 Å². The van der Waals surface area contributed by atoms with Crippen molar-refractivity contribution in [2.24, 2.45) is 0 Å². The Labute approximate surface area is 387 Å². The molecule has 0 saturated heterocycles. The van der Waals surface area contributed by atoms with Gasteiger partial charge in [0, 0.05) is 12.7 Å². The Bertz CT molecular complexity index is 1840. The molecule has 0 radical (unpaired) electrons. The summed E-state index contributed by atoms with van der Waals surface area (Å²) in [6, 6.07) is 23.5. The summed E-state index contributed by atoms with van der Waals surface area (Å²) < 4.78 is 42.9. The van der Waals surface area contributed by atoms with Gasteiger partial charge in [-0.15, -0.1) is 0 Å². The van der Waals surface area contributed by atoms with Gasteiger partial charge >= 0.3 is 75.2 Å². The maximum Gasteiger partial charge on any atom is 1.00 e. The van der Waals surface area contributed by atoms with Gasteiger partial charge in [-0.1, -0.05) is 65.7 Å². The summed E-state index contributed by atoms with van der Waals surface area (Å²) in [5.41, 5.74) is 7.61. The molecule has 4 aromatic rings. The van der Waals surface area contributed by atoms with Crippen molar-refractivity contribution < 1.29 is 127 Å². The number of carbonyl (C=O) groups excluding carboxylic acids is 2. The van der Waals surface area contributed by atoms with Crippen LogP contribution in [0.4, 0.5) is 0 Å². The van der Waals surface area contributed by atoms with Gasteiger partial charge in [-0.3, -0.25) is 0 Å². The molecule has 0 fully saturated rings. The summed E-state index contributed by atoms with van der Waals surface area (Å²) in [6.45, 7) is 7.92. The summed E-state index contributed by atoms with van der Waals surface area (Å²) in [6.07, 6.45) is 1.14. The van der Waals surface area contributed by atoms with Crippen LogP contribution in [0.3, 0.4) is 0 Å². The predicted octanol–water partition coefficient (Wildman–Crippen LogP) is 0.258. The molecule has 0 heterocycles. The molecule has 294 valence electrons. The number of carbonyl (C=O) groups is 1. The molecule has 4 aromatic carbocycles. The van der Waals surface area contributed by atoms with Crippen LogP contribution in [-0.2, 0) is 40.4 Å². The van der Waals surface area contributed by atoms with E-state index in [1.807, 2.05) is 38.1 Å². The number of rotatable bonds is 24. The third kappa shape index (κ3) is 11.5. The number of aryl methyl sites for hydroxylation is 2. The number of methoxy groups -OCH3 is 1. The molecular formula is C43H49CsO12. The number of carboxylic acid groups (broad SMARTS) is 1. The van der Waals surface area contributed by atoms with Crippen molar-refractivity contribution in [2.75, 3.05) is 86.4 Å². The third-order valence-corrected chi connectivity index (χ3v) is 9.36. The van der Waals surface area contributed by atoms with Crippen LogP contribution < -0.4 is 84.0 Å². The van der Waals surface area contributed by atoms with E-state index in [1.54, 1.807) is 19.2 Å². The summed E-state index contributed by atoms with van der Waals surface area (Å²) in [7, 11) is 1.61. The van der Waals surface area contributed by atoms with Crippen LogP contribution in [0.15, 0.2) is 72.8 Å². The predicted molar refractivity (Wildman–Crippen MR) is 200 cm³/mol. The van der Waals surface area contributed by atoms with Crippen molar-refractivity contribution in [3.8, 4) is 16.9 Å². The Hall–Kier alpha value is -2.61. The molecule has 0 amide bonds. The second-order valence-electron chi connectivity index (χ2n) is 13.0. The SMILES string of the molecule is COCCOCCOCCOc1ccc(C2(c3ccc(COCCOCCOCCO)c(C=[O+][O-])c3)c3cc(C)ccc3-c3ccc(C)cc32)cc1C(=O)[O-].[Cs+]. The first-order valence-corrected chi connectivity index (χ1v) is 18.3. The summed E-state index contributed by atoms with van der Waals surface area (Å²) in [5, 5.41) is 33.2. The van der Waals surface area contributed by atoms with Crippen LogP contribution >= 0.6 is 0 Å². The van der Waals surface area contributed by atoms with Crippen LogP contribution in [0, 0.1) is 13.8 Å². The van der Waals surface area contributed by atoms with Crippen LogP contribution in [0.2, 0.25) is 0 Å². The molecule has 0 spiro atoms. The van der Waals surface area contributed by atoms with Gasteiger partial charge in [0.1, 0.15) is 12.4 Å². The maximum absolute atomic E-state index is 12.8. The van der Waals surface area contributed by atoms with E-state index in [0.29, 0.717) is 64.0 Å². The monoisotopic (exact) mass is 890 g/mol. The zero-order valence-corrected chi connectivity index (χ0v) is 38.9. The number of fused-ring (bicyclic) bond motifs is 3. The normalized spacial score (nSPS) is 12.7. The quantitative estimate of drug-likeness (QED) is 0.0298. The molecule has 1 N–H and O–H groups in total. The topological polar surface area (TPSA) is 159 Å². The first-order chi connectivity index (χ1) is 26.8. The summed E-state index contributed by atoms with van der Waals surface area (Å²) in [4.78, 5) is 12.8. The van der Waals surface area contributed by atoms with E-state index in [-0.39, 0.29) is 113 Å². The van der Waals surface area contributed by atoms with Gasteiger partial charge in [-0.2, -0.15) is 4.58 Å². The van der Waals surface area contributed by atoms with Gasteiger partial charge in [-0.05, 0) is 71.0 Å². The first-order valence-electron chi connectivity index (χ1n) is 18.3. The summed E-state index contributed by atoms with van der Waals surface area (Å²) in [5.74, 6) is -1.22. The van der Waals surface area contributed by atoms with Crippen LogP contribution in [0.5, 0.6) is 5.75 Å². The number of aliphatic hydroxyl groups excluding tert-OH is 1. The fourth-order valence-electron chi connectivity index (χ4n) is 6.87. The van der Waals surface area contributed by atoms with E-state index in [0.717, 1.165) is 50.8 Å². The first kappa shape index (κ1) is 46.1. The molecule has 1 aliphatic carbocycles. The number of hydrogen-bond donors (Lipinski definition) is 1. The Kier molecular flexibility index (Phi) is 19.5. The molecule has 13 heteroatoms. The van der Waals surface area contributed by atoms with Gasteiger partial charge in [0.15, 0.2) is 0 Å². The number of aliphatic hydroxyl groups is 1. The van der Waals surface area contributed by atoms with Gasteiger partial charge in [0.2, 0.25) is 0 Å². The van der Waals surface area contributed by atoms with Gasteiger partial charge in [-0.25, -0.2) is 0 Å². The molecule has 12 nitrogen and oxygen atoms in total. The smallest absolute Gasteiger partial charge is 0.545 e. The molecule has 0 saturated carbocycles. The average molecular weight is 891 g/mol. The second kappa shape index (κ2) is 23.7. The summed E-state index contributed by atoms with van der Waals surface area (Å²) >= 11 is 0. The third-order valence-electron chi connectivity index (χ3n) is 9.36. The van der Waals surface area contributed by atoms with Crippen LogP contribution in [0.25, 0.3) is 11.1 Å². The zero-order valence-electron chi connectivity index (χ0n) is 32.6. The molecule has 5 rings (SSSR count). The number of carboxylic acids is 1. The number of ether oxygens (including phenoxy) is 7. The molecule has 0 bridgehead atoms. The number of benzene rings is 4. The zero-order chi connectivity index (χ0) is 39.0. The number of aldehydes is 1. The van der Waals surface area contributed by atoms with Crippen molar-refractivity contribution in [3.63, 3.8) is 0 Å². The largest absolute Gasteiger partial charge is 1.00 e. The fraction of sp³-hybridized carbons (Fsp3) is 0.395. The van der Waals surface area contributed by atoms with E-state index < -0.39 is 11.4 Å². The molecule has 56 heavy (non-hydrogen) atoms. The van der Waals surface area contributed by atoms with Crippen molar-refractivity contribution in [1.29, 1.82) is 0 Å². The number of aromatic carboxylic acids is 1.